The number of benzene rings is 1. The second-order valence-electron chi connectivity index (χ2n) is 7.10. The fourth-order valence-corrected chi connectivity index (χ4v) is 4.26. The van der Waals surface area contributed by atoms with Gasteiger partial charge >= 0.3 is 160 Å². The molecule has 1 heterocycles. The number of aromatic nitrogens is 2. The van der Waals surface area contributed by atoms with Crippen LogP contribution >= 0.6 is 0 Å². The Hall–Kier alpha value is -1.72. The van der Waals surface area contributed by atoms with Crippen molar-refractivity contribution in [3.63, 3.8) is 0 Å². The summed E-state index contributed by atoms with van der Waals surface area (Å²) < 4.78 is 21.0. The number of aryl methyl sites for hydroxylation is 1. The Labute approximate surface area is 160 Å². The Morgan fingerprint density at radius 2 is 1.88 bits per heavy atom. The standard InChI is InChI=1S/C19H26FN3O2Se/c1-19(2,3)25-18(24)21-12-8-4-5-11-16-22-23-17(26-16)13-14-9-6-7-10-15(14)20/h6-7,9-10H,4-5,8,11-13H2,1-3H3,(H,21,24). The van der Waals surface area contributed by atoms with Gasteiger partial charge in [0.15, 0.2) is 0 Å². The molecule has 7 heteroatoms. The van der Waals surface area contributed by atoms with E-state index >= 15 is 0 Å². The van der Waals surface area contributed by atoms with Crippen molar-refractivity contribution in [3.8, 4) is 0 Å². The molecule has 1 amide bonds. The summed E-state index contributed by atoms with van der Waals surface area (Å²) in [4.78, 5) is 11.5. The first-order chi connectivity index (χ1) is 12.3. The van der Waals surface area contributed by atoms with E-state index in [-0.39, 0.29) is 26.4 Å². The van der Waals surface area contributed by atoms with E-state index in [4.69, 9.17) is 4.74 Å². The molecular weight excluding hydrogens is 400 g/mol. The Kier molecular flexibility index (Phi) is 7.79. The molecule has 0 fully saturated rings. The summed E-state index contributed by atoms with van der Waals surface area (Å²) in [5.74, 6) is -0.183. The molecule has 5 nitrogen and oxygen atoms in total. The topological polar surface area (TPSA) is 64.1 Å². The van der Waals surface area contributed by atoms with E-state index in [1.54, 1.807) is 12.1 Å². The van der Waals surface area contributed by atoms with E-state index in [1.807, 2.05) is 26.8 Å². The SMILES string of the molecule is CC(C)(C)OC(=O)NCCCCCc1nnc(Cc2ccccc2F)[se]1. The molecule has 26 heavy (non-hydrogen) atoms. The van der Waals surface area contributed by atoms with Crippen molar-refractivity contribution in [2.45, 2.75) is 58.5 Å². The van der Waals surface area contributed by atoms with Gasteiger partial charge in [-0.3, -0.25) is 0 Å². The number of nitrogens with one attached hydrogen (secondary N) is 1. The van der Waals surface area contributed by atoms with Crippen molar-refractivity contribution < 1.29 is 13.9 Å². The molecule has 1 aromatic carbocycles. The summed E-state index contributed by atoms with van der Waals surface area (Å²) in [6.07, 6.45) is 4.01. The predicted octanol–water partition coefficient (Wildman–Crippen LogP) is 3.50. The molecule has 0 radical (unpaired) electrons. The number of alkyl carbamates (subject to hydrolysis) is 1. The predicted molar refractivity (Wildman–Crippen MR) is 100.0 cm³/mol. The number of ether oxygens (including phenoxy) is 1. The summed E-state index contributed by atoms with van der Waals surface area (Å²) in [6.45, 7) is 6.15. The van der Waals surface area contributed by atoms with Gasteiger partial charge in [-0.1, -0.05) is 0 Å². The van der Waals surface area contributed by atoms with Crippen LogP contribution in [0.5, 0.6) is 0 Å². The van der Waals surface area contributed by atoms with E-state index < -0.39 is 5.60 Å². The molecule has 142 valence electrons. The fourth-order valence-electron chi connectivity index (χ4n) is 2.35. The van der Waals surface area contributed by atoms with Gasteiger partial charge in [0, 0.05) is 0 Å². The van der Waals surface area contributed by atoms with Gasteiger partial charge in [0.2, 0.25) is 0 Å². The zero-order valence-electron chi connectivity index (χ0n) is 15.5. The molecular formula is C19H26FN3O2Se. The molecule has 1 N–H and O–H groups in total. The van der Waals surface area contributed by atoms with Gasteiger partial charge in [-0.15, -0.1) is 0 Å². The average molecular weight is 426 g/mol. The summed E-state index contributed by atoms with van der Waals surface area (Å²) >= 11 is 0.122. The number of rotatable bonds is 8. The van der Waals surface area contributed by atoms with Gasteiger partial charge in [-0.25, -0.2) is 0 Å². The maximum atomic E-state index is 13.7. The van der Waals surface area contributed by atoms with Gasteiger partial charge in [0.25, 0.3) is 0 Å². The van der Waals surface area contributed by atoms with Crippen molar-refractivity contribution in [1.29, 1.82) is 0 Å². The minimum absolute atomic E-state index is 0.122. The van der Waals surface area contributed by atoms with E-state index in [9.17, 15) is 9.18 Å². The van der Waals surface area contributed by atoms with Gasteiger partial charge in [0.05, 0.1) is 0 Å². The van der Waals surface area contributed by atoms with E-state index in [1.165, 1.54) is 6.07 Å². The molecule has 0 unspecified atom stereocenters. The van der Waals surface area contributed by atoms with Crippen LogP contribution < -0.4 is 5.32 Å². The third-order valence-corrected chi connectivity index (χ3v) is 5.61. The van der Waals surface area contributed by atoms with Crippen molar-refractivity contribution in [1.82, 2.24) is 15.5 Å². The summed E-state index contributed by atoms with van der Waals surface area (Å²) in [5, 5.41) is 11.2. The van der Waals surface area contributed by atoms with Gasteiger partial charge in [-0.2, -0.15) is 0 Å². The number of hydrogen-bond acceptors (Lipinski definition) is 4. The van der Waals surface area contributed by atoms with E-state index in [2.05, 4.69) is 15.5 Å². The Balaban J connectivity index is 1.63. The number of carbonyl (C=O) groups is 1. The minimum atomic E-state index is -0.465. The van der Waals surface area contributed by atoms with Crippen LogP contribution in [0, 0.1) is 5.82 Å². The summed E-state index contributed by atoms with van der Waals surface area (Å²) in [6, 6.07) is 6.81. The second kappa shape index (κ2) is 9.83. The number of carbonyl (C=O) groups excluding carboxylic acids is 1. The Morgan fingerprint density at radius 1 is 1.15 bits per heavy atom. The van der Waals surface area contributed by atoms with E-state index in [0.29, 0.717) is 18.5 Å². The summed E-state index contributed by atoms with van der Waals surface area (Å²) in [7, 11) is 0. The van der Waals surface area contributed by atoms with Crippen LogP contribution in [0.1, 0.15) is 54.7 Å². The second-order valence-corrected chi connectivity index (χ2v) is 9.50. The molecule has 1 aromatic heterocycles. The van der Waals surface area contributed by atoms with Crippen molar-refractivity contribution in [2.24, 2.45) is 0 Å². The zero-order valence-corrected chi connectivity index (χ0v) is 17.3. The third-order valence-electron chi connectivity index (χ3n) is 3.54. The fraction of sp³-hybridized carbons (Fsp3) is 0.526. The molecule has 0 bridgehead atoms. The Bertz CT molecular complexity index is 713. The van der Waals surface area contributed by atoms with Crippen LogP contribution in [-0.4, -0.2) is 42.9 Å². The maximum absolute atomic E-state index is 13.7. The molecule has 0 saturated carbocycles. The van der Waals surface area contributed by atoms with E-state index in [0.717, 1.165) is 34.8 Å². The average Bonchev–Trinajstić information content (AvgIpc) is 2.99. The first-order valence-electron chi connectivity index (χ1n) is 8.85. The number of amides is 1. The van der Waals surface area contributed by atoms with Crippen LogP contribution in [0.2, 0.25) is 0 Å². The van der Waals surface area contributed by atoms with Gasteiger partial charge in [0.1, 0.15) is 0 Å². The van der Waals surface area contributed by atoms with Crippen LogP contribution in [0.4, 0.5) is 9.18 Å². The van der Waals surface area contributed by atoms with Crippen molar-refractivity contribution >= 4 is 20.6 Å². The molecule has 2 aromatic rings. The van der Waals surface area contributed by atoms with Gasteiger partial charge < -0.3 is 0 Å². The molecule has 0 aliphatic rings. The number of unbranched alkanes of at least 4 members (excludes halogenated alkanes) is 2. The monoisotopic (exact) mass is 427 g/mol. The first-order valence-corrected chi connectivity index (χ1v) is 10.6. The van der Waals surface area contributed by atoms with Crippen LogP contribution in [0.3, 0.4) is 0 Å². The number of nitrogens with zero attached hydrogens (tertiary/aromatic N) is 2. The van der Waals surface area contributed by atoms with Crippen LogP contribution in [-0.2, 0) is 17.6 Å². The molecule has 0 spiro atoms. The van der Waals surface area contributed by atoms with Crippen molar-refractivity contribution in [2.75, 3.05) is 6.54 Å². The van der Waals surface area contributed by atoms with Gasteiger partial charge in [-0.05, 0) is 0 Å². The third kappa shape index (κ3) is 7.66. The molecule has 0 aliphatic carbocycles. The number of hydrogen-bond donors (Lipinski definition) is 1. The quantitative estimate of drug-likeness (QED) is 0.519. The van der Waals surface area contributed by atoms with Crippen LogP contribution in [0.25, 0.3) is 0 Å². The normalized spacial score (nSPS) is 11.4. The molecule has 0 atom stereocenters. The zero-order chi connectivity index (χ0) is 19.0. The first kappa shape index (κ1) is 20.6. The molecule has 0 saturated heterocycles. The van der Waals surface area contributed by atoms with Crippen LogP contribution in [0.15, 0.2) is 24.3 Å². The van der Waals surface area contributed by atoms with Crippen molar-refractivity contribution in [3.05, 3.63) is 44.8 Å². The molecule has 2 rings (SSSR count). The number of halogens is 1. The molecule has 0 aliphatic heterocycles. The summed E-state index contributed by atoms with van der Waals surface area (Å²) in [5.41, 5.74) is 0.213. The Morgan fingerprint density at radius 3 is 2.62 bits per heavy atom.